The largest absolute Gasteiger partial charge is 0.0622 e. The van der Waals surface area contributed by atoms with Gasteiger partial charge < -0.3 is 0 Å². The van der Waals surface area contributed by atoms with Gasteiger partial charge in [0.2, 0.25) is 0 Å². The van der Waals surface area contributed by atoms with Crippen LogP contribution in [0, 0.1) is 0 Å². The van der Waals surface area contributed by atoms with Crippen molar-refractivity contribution in [2.24, 2.45) is 0 Å². The summed E-state index contributed by atoms with van der Waals surface area (Å²) in [6, 6.07) is 90.9. The third-order valence-electron chi connectivity index (χ3n) is 15.1. The number of hydrogen-bond acceptors (Lipinski definition) is 0. The molecule has 11 aromatic rings. The lowest BCUT2D eigenvalue weighted by Crippen LogP contribution is -1.98. The number of benzene rings is 11. The van der Waals surface area contributed by atoms with Crippen molar-refractivity contribution in [3.05, 3.63) is 282 Å². The van der Waals surface area contributed by atoms with E-state index in [1.54, 1.807) is 0 Å². The average molecular weight is 857 g/mol. The zero-order chi connectivity index (χ0) is 44.5. The minimum atomic E-state index is 1.20. The van der Waals surface area contributed by atoms with Crippen molar-refractivity contribution >= 4 is 49.4 Å². The first-order chi connectivity index (χ1) is 33.8. The first-order valence-corrected chi connectivity index (χ1v) is 23.8. The van der Waals surface area contributed by atoms with Crippen molar-refractivity contribution in [2.75, 3.05) is 0 Å². The molecule has 312 valence electrons. The van der Waals surface area contributed by atoms with E-state index in [1.165, 1.54) is 155 Å². The molecule has 0 N–H and O–H groups in total. The second-order valence-electron chi connectivity index (χ2n) is 18.5. The summed E-state index contributed by atoms with van der Waals surface area (Å²) in [4.78, 5) is 0. The van der Waals surface area contributed by atoms with Gasteiger partial charge in [-0.1, -0.05) is 231 Å². The van der Waals surface area contributed by atoms with Gasteiger partial charge in [-0.3, -0.25) is 0 Å². The van der Waals surface area contributed by atoms with E-state index >= 15 is 0 Å². The Bertz CT molecular complexity index is 4010. The molecule has 0 unspecified atom stereocenters. The van der Waals surface area contributed by atoms with Crippen LogP contribution in [-0.4, -0.2) is 0 Å². The third kappa shape index (κ3) is 5.15. The van der Waals surface area contributed by atoms with Crippen molar-refractivity contribution in [3.63, 3.8) is 0 Å². The highest BCUT2D eigenvalue weighted by Gasteiger charge is 2.42. The van der Waals surface area contributed by atoms with Crippen molar-refractivity contribution in [3.8, 4) is 66.8 Å². The third-order valence-corrected chi connectivity index (χ3v) is 15.1. The van der Waals surface area contributed by atoms with Gasteiger partial charge >= 0.3 is 0 Å². The molecule has 4 aliphatic carbocycles. The Hall–Kier alpha value is -8.84. The molecule has 0 nitrogen and oxygen atoms in total. The van der Waals surface area contributed by atoms with Crippen LogP contribution in [0.2, 0.25) is 0 Å². The molecule has 0 heterocycles. The van der Waals surface area contributed by atoms with Crippen molar-refractivity contribution < 1.29 is 0 Å². The maximum Gasteiger partial charge on any atom is -0.000115 e. The van der Waals surface area contributed by atoms with E-state index in [0.29, 0.717) is 0 Å². The van der Waals surface area contributed by atoms with E-state index in [0.717, 1.165) is 0 Å². The number of rotatable bonds is 6. The van der Waals surface area contributed by atoms with Gasteiger partial charge in [-0.25, -0.2) is 0 Å². The number of fused-ring (bicyclic) bond motifs is 9. The molecule has 0 radical (unpaired) electrons. The SMILES string of the molecule is c1ccc(C2=C3C(=C(c4ccccc4)c4cc(-c5ccccc5)c(-c5ccccc5)cc43)C(c3ccc4c5c(cccc35)-c3ccccc3-4)=C2c2ccc3c4c(cccc24)-c2ccccc2-3)cc1. The molecule has 0 amide bonds. The van der Waals surface area contributed by atoms with Crippen LogP contribution in [0.25, 0.3) is 116 Å². The molecule has 0 bridgehead atoms. The van der Waals surface area contributed by atoms with E-state index in [2.05, 4.69) is 243 Å². The number of allylic oxidation sites excluding steroid dienone is 5. The fourth-order valence-corrected chi connectivity index (χ4v) is 12.4. The lowest BCUT2D eigenvalue weighted by Gasteiger charge is -2.21. The maximum atomic E-state index is 2.52. The predicted octanol–water partition coefficient (Wildman–Crippen LogP) is 18.0. The summed E-state index contributed by atoms with van der Waals surface area (Å²) in [5.41, 5.74) is 30.5. The van der Waals surface area contributed by atoms with Crippen molar-refractivity contribution in [2.45, 2.75) is 0 Å². The molecule has 11 aromatic carbocycles. The molecular weight excluding hydrogens is 817 g/mol. The normalized spacial score (nSPS) is 13.7. The minimum absolute atomic E-state index is 1.20. The Kier molecular flexibility index (Phi) is 7.88. The highest BCUT2D eigenvalue weighted by molar-refractivity contribution is 6.42. The second-order valence-corrected chi connectivity index (χ2v) is 18.5. The highest BCUT2D eigenvalue weighted by atomic mass is 14.4. The molecule has 0 saturated carbocycles. The summed E-state index contributed by atoms with van der Waals surface area (Å²) >= 11 is 0. The summed E-state index contributed by atoms with van der Waals surface area (Å²) in [7, 11) is 0. The summed E-state index contributed by atoms with van der Waals surface area (Å²) in [6.45, 7) is 0. The smallest absolute Gasteiger partial charge is 0.000115 e. The number of hydrogen-bond donors (Lipinski definition) is 0. The Balaban J connectivity index is 1.14. The van der Waals surface area contributed by atoms with Crippen LogP contribution in [0.3, 0.4) is 0 Å². The molecule has 0 heteroatoms. The molecular formula is C68H40. The zero-order valence-corrected chi connectivity index (χ0v) is 37.1. The monoisotopic (exact) mass is 856 g/mol. The lowest BCUT2D eigenvalue weighted by molar-refractivity contribution is 1.52. The first kappa shape index (κ1) is 37.4. The maximum absolute atomic E-state index is 2.52. The van der Waals surface area contributed by atoms with Crippen LogP contribution in [0.1, 0.15) is 33.4 Å². The van der Waals surface area contributed by atoms with Crippen molar-refractivity contribution in [1.29, 1.82) is 0 Å². The van der Waals surface area contributed by atoms with Crippen molar-refractivity contribution in [1.82, 2.24) is 0 Å². The van der Waals surface area contributed by atoms with Crippen LogP contribution >= 0.6 is 0 Å². The first-order valence-electron chi connectivity index (χ1n) is 23.8. The summed E-state index contributed by atoms with van der Waals surface area (Å²) in [5.74, 6) is 0. The van der Waals surface area contributed by atoms with Crippen LogP contribution in [0.15, 0.2) is 248 Å². The van der Waals surface area contributed by atoms with Gasteiger partial charge in [0.15, 0.2) is 0 Å². The summed E-state index contributed by atoms with van der Waals surface area (Å²) in [5, 5.41) is 5.22. The molecule has 0 spiro atoms. The van der Waals surface area contributed by atoms with Crippen LogP contribution in [-0.2, 0) is 0 Å². The zero-order valence-electron chi connectivity index (χ0n) is 37.1. The second kappa shape index (κ2) is 14.3. The predicted molar refractivity (Wildman–Crippen MR) is 287 cm³/mol. The quantitative estimate of drug-likeness (QED) is 0.156. The van der Waals surface area contributed by atoms with Crippen LogP contribution in [0.4, 0.5) is 0 Å². The Labute approximate surface area is 395 Å². The standard InChI is InChI=1S/C68H40/c1-5-19-41(20-6-1)57-39-59-60(40-58(57)42-21-7-2-8-22-42)67-62(44-25-11-4-12-26-44)65(55-37-35-53-47-29-15-13-27-45(47)49-31-17-33-51(55)63(49)53)66(68(67)61(59)43-23-9-3-10-24-43)56-38-36-54-48-30-16-14-28-46(48)50-32-18-34-52(56)64(50)54/h1-40H. The van der Waals surface area contributed by atoms with Gasteiger partial charge in [-0.15, -0.1) is 0 Å². The molecule has 68 heavy (non-hydrogen) atoms. The fourth-order valence-electron chi connectivity index (χ4n) is 12.4. The molecule has 0 atom stereocenters. The van der Waals surface area contributed by atoms with E-state index in [-0.39, 0.29) is 0 Å². The minimum Gasteiger partial charge on any atom is -0.0622 e. The van der Waals surface area contributed by atoms with E-state index in [1.807, 2.05) is 0 Å². The summed E-state index contributed by atoms with van der Waals surface area (Å²) < 4.78 is 0. The van der Waals surface area contributed by atoms with E-state index < -0.39 is 0 Å². The topological polar surface area (TPSA) is 0 Å². The van der Waals surface area contributed by atoms with Gasteiger partial charge in [0, 0.05) is 0 Å². The Morgan fingerprint density at radius 2 is 0.456 bits per heavy atom. The average Bonchev–Trinajstić information content (AvgIpc) is 4.13. The fraction of sp³-hybridized carbons (Fsp3) is 0. The van der Waals surface area contributed by atoms with Gasteiger partial charge in [0.05, 0.1) is 0 Å². The molecule has 15 rings (SSSR count). The molecule has 4 aliphatic rings. The molecule has 0 fully saturated rings. The highest BCUT2D eigenvalue weighted by Crippen LogP contribution is 2.65. The Morgan fingerprint density at radius 1 is 0.147 bits per heavy atom. The lowest BCUT2D eigenvalue weighted by atomic mass is 9.82. The van der Waals surface area contributed by atoms with Gasteiger partial charge in [-0.2, -0.15) is 0 Å². The summed E-state index contributed by atoms with van der Waals surface area (Å²) in [6.07, 6.45) is 0. The molecule has 0 aromatic heterocycles. The molecule has 0 aliphatic heterocycles. The van der Waals surface area contributed by atoms with Crippen LogP contribution < -0.4 is 0 Å². The van der Waals surface area contributed by atoms with Gasteiger partial charge in [0.25, 0.3) is 0 Å². The van der Waals surface area contributed by atoms with Crippen LogP contribution in [0.5, 0.6) is 0 Å². The van der Waals surface area contributed by atoms with E-state index in [4.69, 9.17) is 0 Å². The Morgan fingerprint density at radius 3 is 0.897 bits per heavy atom. The van der Waals surface area contributed by atoms with Gasteiger partial charge in [-0.05, 0) is 167 Å². The molecule has 0 saturated heterocycles. The van der Waals surface area contributed by atoms with Gasteiger partial charge in [0.1, 0.15) is 0 Å². The van der Waals surface area contributed by atoms with E-state index in [9.17, 15) is 0 Å².